The number of carboxylic acids is 1. The molecule has 0 amide bonds. The Balaban J connectivity index is 1.89. The van der Waals surface area contributed by atoms with Gasteiger partial charge in [0.1, 0.15) is 11.2 Å². The Labute approximate surface area is 162 Å². The Morgan fingerprint density at radius 3 is 2.71 bits per heavy atom. The minimum absolute atomic E-state index is 0.0219. The number of aromatic nitrogens is 2. The first-order valence-corrected chi connectivity index (χ1v) is 9.58. The van der Waals surface area contributed by atoms with Crippen molar-refractivity contribution in [2.24, 2.45) is 17.6 Å². The zero-order valence-electron chi connectivity index (χ0n) is 16.3. The van der Waals surface area contributed by atoms with Gasteiger partial charge in [0, 0.05) is 30.9 Å². The number of pyridine rings is 2. The summed E-state index contributed by atoms with van der Waals surface area (Å²) < 4.78 is 16.6. The van der Waals surface area contributed by atoms with Crippen LogP contribution in [-0.2, 0) is 5.54 Å². The number of aromatic carboxylic acids is 1. The van der Waals surface area contributed by atoms with Crippen LogP contribution in [0.15, 0.2) is 17.1 Å². The second-order valence-electron chi connectivity index (χ2n) is 8.94. The molecule has 0 aromatic carbocycles. The molecule has 2 fully saturated rings. The molecule has 2 aromatic heterocycles. The van der Waals surface area contributed by atoms with E-state index in [0.717, 1.165) is 18.9 Å². The summed E-state index contributed by atoms with van der Waals surface area (Å²) in [5.41, 5.74) is 4.74. The standard InChI is InChI=1S/C20H25FN4O3/c1-20(2,3)25-9-13(19(27)28)16(26)11-7-14(21)18(23-17(11)25)24-5-4-10-6-15(22)12(10)8-24/h7,9-10,12,15H,4-6,8,22H2,1-3H3,(H,27,28)/t10-,12-,15+/m1/s1. The minimum Gasteiger partial charge on any atom is -0.477 e. The van der Waals surface area contributed by atoms with E-state index in [9.17, 15) is 19.1 Å². The molecule has 2 aromatic rings. The fourth-order valence-electron chi connectivity index (χ4n) is 4.43. The van der Waals surface area contributed by atoms with E-state index < -0.39 is 28.3 Å². The number of hydrogen-bond donors (Lipinski definition) is 2. The Kier molecular flexibility index (Phi) is 4.22. The Morgan fingerprint density at radius 1 is 1.39 bits per heavy atom. The van der Waals surface area contributed by atoms with E-state index in [1.54, 1.807) is 4.57 Å². The molecule has 150 valence electrons. The summed E-state index contributed by atoms with van der Waals surface area (Å²) in [5, 5.41) is 9.36. The van der Waals surface area contributed by atoms with E-state index in [2.05, 4.69) is 4.98 Å². The summed E-state index contributed by atoms with van der Waals surface area (Å²) in [6.07, 6.45) is 3.27. The summed E-state index contributed by atoms with van der Waals surface area (Å²) in [6, 6.07) is 1.27. The summed E-state index contributed by atoms with van der Waals surface area (Å²) in [7, 11) is 0. The van der Waals surface area contributed by atoms with Gasteiger partial charge >= 0.3 is 5.97 Å². The molecule has 1 aliphatic heterocycles. The third-order valence-corrected chi connectivity index (χ3v) is 6.10. The lowest BCUT2D eigenvalue weighted by molar-refractivity contribution is 0.0694. The Morgan fingerprint density at radius 2 is 2.11 bits per heavy atom. The van der Waals surface area contributed by atoms with Crippen LogP contribution in [0.1, 0.15) is 44.0 Å². The summed E-state index contributed by atoms with van der Waals surface area (Å²) >= 11 is 0. The van der Waals surface area contributed by atoms with Crippen molar-refractivity contribution in [3.63, 3.8) is 0 Å². The lowest BCUT2D eigenvalue weighted by Gasteiger charge is -2.50. The lowest BCUT2D eigenvalue weighted by atomic mass is 9.66. The predicted octanol–water partition coefficient (Wildman–Crippen LogP) is 2.16. The van der Waals surface area contributed by atoms with E-state index in [0.29, 0.717) is 30.6 Å². The lowest BCUT2D eigenvalue weighted by Crippen LogP contribution is -2.57. The van der Waals surface area contributed by atoms with Gasteiger partial charge in [-0.3, -0.25) is 4.79 Å². The van der Waals surface area contributed by atoms with Gasteiger partial charge in [-0.15, -0.1) is 0 Å². The third-order valence-electron chi connectivity index (χ3n) is 6.10. The third kappa shape index (κ3) is 2.87. The number of halogens is 1. The molecule has 3 atom stereocenters. The van der Waals surface area contributed by atoms with Crippen molar-refractivity contribution in [1.29, 1.82) is 0 Å². The number of hydrogen-bond acceptors (Lipinski definition) is 5. The van der Waals surface area contributed by atoms with Crippen molar-refractivity contribution in [2.45, 2.75) is 45.2 Å². The van der Waals surface area contributed by atoms with Gasteiger partial charge in [0.05, 0.1) is 5.39 Å². The number of nitrogens with zero attached hydrogens (tertiary/aromatic N) is 3. The Bertz CT molecular complexity index is 1030. The average Bonchev–Trinajstić information content (AvgIpc) is 2.60. The highest BCUT2D eigenvalue weighted by atomic mass is 19.1. The van der Waals surface area contributed by atoms with Crippen LogP contribution in [0.4, 0.5) is 10.2 Å². The molecule has 0 radical (unpaired) electrons. The summed E-state index contributed by atoms with van der Waals surface area (Å²) in [5.74, 6) is -0.814. The normalized spacial score (nSPS) is 24.8. The molecule has 3 heterocycles. The first kappa shape index (κ1) is 18.9. The van der Waals surface area contributed by atoms with Crippen LogP contribution in [0.3, 0.4) is 0 Å². The second kappa shape index (κ2) is 6.27. The van der Waals surface area contributed by atoms with Gasteiger partial charge in [0.25, 0.3) is 0 Å². The van der Waals surface area contributed by atoms with Gasteiger partial charge in [0.2, 0.25) is 5.43 Å². The zero-order valence-corrected chi connectivity index (χ0v) is 16.3. The molecule has 1 aliphatic carbocycles. The van der Waals surface area contributed by atoms with E-state index in [-0.39, 0.29) is 17.2 Å². The van der Waals surface area contributed by atoms with Crippen molar-refractivity contribution < 1.29 is 14.3 Å². The fourth-order valence-corrected chi connectivity index (χ4v) is 4.43. The minimum atomic E-state index is -1.34. The quantitative estimate of drug-likeness (QED) is 0.818. The van der Waals surface area contributed by atoms with Crippen LogP contribution >= 0.6 is 0 Å². The maximum atomic E-state index is 15.0. The van der Waals surface area contributed by atoms with Crippen molar-refractivity contribution >= 4 is 22.8 Å². The molecular formula is C20H25FN4O3. The van der Waals surface area contributed by atoms with Crippen molar-refractivity contribution in [1.82, 2.24) is 9.55 Å². The van der Waals surface area contributed by atoms with Gasteiger partial charge in [-0.05, 0) is 51.5 Å². The van der Waals surface area contributed by atoms with Crippen LogP contribution in [0, 0.1) is 17.7 Å². The number of rotatable bonds is 2. The molecule has 2 aliphatic rings. The molecule has 0 unspecified atom stereocenters. The number of nitrogens with two attached hydrogens (primary N) is 1. The van der Waals surface area contributed by atoms with E-state index >= 15 is 0 Å². The molecule has 7 nitrogen and oxygen atoms in total. The van der Waals surface area contributed by atoms with Gasteiger partial charge in [0.15, 0.2) is 11.6 Å². The smallest absolute Gasteiger partial charge is 0.341 e. The van der Waals surface area contributed by atoms with Crippen LogP contribution in [0.5, 0.6) is 0 Å². The van der Waals surface area contributed by atoms with Gasteiger partial charge < -0.3 is 20.3 Å². The number of carboxylic acid groups (broad SMARTS) is 1. The second-order valence-corrected chi connectivity index (χ2v) is 8.94. The van der Waals surface area contributed by atoms with Crippen molar-refractivity contribution in [3.05, 3.63) is 33.9 Å². The molecule has 1 saturated heterocycles. The van der Waals surface area contributed by atoms with Gasteiger partial charge in [-0.1, -0.05) is 0 Å². The molecule has 0 spiro atoms. The average molecular weight is 388 g/mol. The number of piperidine rings is 1. The SMILES string of the molecule is CC(C)(C)n1cc(C(=O)O)c(=O)c2cc(F)c(N3CC[C@@H]4C[C@H](N)[C@@H]4C3)nc21. The predicted molar refractivity (Wildman–Crippen MR) is 104 cm³/mol. The molecule has 1 saturated carbocycles. The van der Waals surface area contributed by atoms with Crippen LogP contribution in [-0.4, -0.2) is 39.8 Å². The van der Waals surface area contributed by atoms with Gasteiger partial charge in [-0.25, -0.2) is 14.2 Å². The summed E-state index contributed by atoms with van der Waals surface area (Å²) in [6.45, 7) is 6.98. The van der Waals surface area contributed by atoms with Crippen LogP contribution in [0.25, 0.3) is 11.0 Å². The monoisotopic (exact) mass is 388 g/mol. The van der Waals surface area contributed by atoms with Crippen molar-refractivity contribution in [2.75, 3.05) is 18.0 Å². The van der Waals surface area contributed by atoms with Crippen LogP contribution < -0.4 is 16.1 Å². The maximum Gasteiger partial charge on any atom is 0.341 e. The van der Waals surface area contributed by atoms with E-state index in [1.165, 1.54) is 6.20 Å². The maximum absolute atomic E-state index is 15.0. The molecule has 4 rings (SSSR count). The highest BCUT2D eigenvalue weighted by Gasteiger charge is 2.43. The topological polar surface area (TPSA) is 101 Å². The molecule has 0 bridgehead atoms. The van der Waals surface area contributed by atoms with Gasteiger partial charge in [-0.2, -0.15) is 0 Å². The fraction of sp³-hybridized carbons (Fsp3) is 0.550. The molecule has 3 N–H and O–H groups in total. The summed E-state index contributed by atoms with van der Waals surface area (Å²) in [4.78, 5) is 30.5. The zero-order chi connectivity index (χ0) is 20.4. The highest BCUT2D eigenvalue weighted by molar-refractivity contribution is 5.92. The largest absolute Gasteiger partial charge is 0.477 e. The number of fused-ring (bicyclic) bond motifs is 2. The number of carbonyl (C=O) groups is 1. The molecule has 28 heavy (non-hydrogen) atoms. The first-order valence-electron chi connectivity index (χ1n) is 9.58. The highest BCUT2D eigenvalue weighted by Crippen LogP contribution is 2.41. The van der Waals surface area contributed by atoms with E-state index in [4.69, 9.17) is 5.73 Å². The van der Waals surface area contributed by atoms with E-state index in [1.807, 2.05) is 25.7 Å². The first-order chi connectivity index (χ1) is 13.1. The molecule has 8 heteroatoms. The number of anilines is 1. The molecular weight excluding hydrogens is 363 g/mol. The Hall–Kier alpha value is -2.48. The van der Waals surface area contributed by atoms with Crippen LogP contribution in [0.2, 0.25) is 0 Å². The van der Waals surface area contributed by atoms with Crippen molar-refractivity contribution in [3.8, 4) is 0 Å².